The number of aromatic amines is 1. The number of amides is 15. The number of carbonyl (C=O) groups excluding carboxylic acids is 15. The summed E-state index contributed by atoms with van der Waals surface area (Å²) in [6.45, 7) is 6.09. The van der Waals surface area contributed by atoms with Crippen molar-refractivity contribution in [2.75, 3.05) is 64.2 Å². The summed E-state index contributed by atoms with van der Waals surface area (Å²) in [5.74, 6) is -17.7. The molecule has 11 atom stereocenters. The highest BCUT2D eigenvalue weighted by atomic mass is 32.2. The molecule has 36 heteroatoms. The predicted molar refractivity (Wildman–Crippen MR) is 477 cm³/mol. The van der Waals surface area contributed by atoms with E-state index in [0.717, 1.165) is 26.5 Å². The average Bonchev–Trinajstić information content (AvgIpc) is 0.863. The molecule has 2 aliphatic heterocycles. The number of carbonyl (C=O) groups is 16. The molecule has 1 saturated heterocycles. The monoisotopic (exact) mass is 1780 g/mol. The van der Waals surface area contributed by atoms with Crippen molar-refractivity contribution in [2.45, 2.75) is 172 Å². The average molecular weight is 1780 g/mol. The van der Waals surface area contributed by atoms with Crippen molar-refractivity contribution in [3.8, 4) is 11.5 Å². The molecule has 3 heterocycles. The number of phenolic OH excluding ortho intramolecular Hbond substituents is 2. The van der Waals surface area contributed by atoms with Gasteiger partial charge in [0.1, 0.15) is 84.5 Å². The molecule has 0 saturated carbocycles. The molecule has 9 rings (SSSR count). The number of rotatable bonds is 21. The molecule has 1 fully saturated rings. The van der Waals surface area contributed by atoms with Crippen LogP contribution in [0.5, 0.6) is 11.5 Å². The maximum absolute atomic E-state index is 15.5. The molecule has 0 unspecified atom stereocenters. The van der Waals surface area contributed by atoms with Crippen LogP contribution < -0.4 is 58.5 Å². The zero-order chi connectivity index (χ0) is 93.2. The van der Waals surface area contributed by atoms with Crippen molar-refractivity contribution in [1.82, 2.24) is 72.4 Å². The Kier molecular flexibility index (Phi) is 35.7. The normalized spacial score (nSPS) is 22.2. The lowest BCUT2D eigenvalue weighted by Gasteiger charge is -2.37. The largest absolute Gasteiger partial charge is 0.508 e. The third kappa shape index (κ3) is 27.7. The Bertz CT molecular complexity index is 5140. The number of anilines is 1. The molecular formula is C92H114N16O19S. The molecule has 2 aliphatic rings. The summed E-state index contributed by atoms with van der Waals surface area (Å²) in [5, 5.41) is 56.2. The van der Waals surface area contributed by atoms with Crippen LogP contribution in [-0.4, -0.2) is 260 Å². The number of thioether (sulfide) groups is 1. The Labute approximate surface area is 745 Å². The fourth-order valence-electron chi connectivity index (χ4n) is 15.3. The number of unbranched alkanes of at least 4 members (excludes halogenated alkanes) is 1. The lowest BCUT2D eigenvalue weighted by atomic mass is 9.95. The maximum atomic E-state index is 15.5. The number of hydrogen-bond acceptors (Lipinski definition) is 19. The van der Waals surface area contributed by atoms with E-state index < -0.39 is 199 Å². The number of carboxylic acid groups (broad SMARTS) is 1. The predicted octanol–water partition coefficient (Wildman–Crippen LogP) is 2.21. The van der Waals surface area contributed by atoms with Gasteiger partial charge in [0.15, 0.2) is 0 Å². The number of nitrogens with two attached hydrogens (primary N) is 1. The molecule has 682 valence electrons. The van der Waals surface area contributed by atoms with Crippen molar-refractivity contribution in [2.24, 2.45) is 17.6 Å². The van der Waals surface area contributed by atoms with Crippen LogP contribution in [0.3, 0.4) is 0 Å². The van der Waals surface area contributed by atoms with Crippen LogP contribution in [0.15, 0.2) is 164 Å². The summed E-state index contributed by atoms with van der Waals surface area (Å²) >= 11 is 0.827. The molecule has 15 N–H and O–H groups in total. The number of H-pyrrole nitrogens is 1. The van der Waals surface area contributed by atoms with E-state index >= 15 is 38.4 Å². The van der Waals surface area contributed by atoms with Gasteiger partial charge in [0.2, 0.25) is 88.6 Å². The van der Waals surface area contributed by atoms with Crippen molar-refractivity contribution in [3.63, 3.8) is 0 Å². The standard InChI is InChI=1S/C92H114N16O19S/c1-10-11-31-72-90(125)104(6)49-77(112)97-68(46-80(115)116)86(121)103-81(54(4)5)92(127)106(8)74(41-56-25-17-13-18-26-56)87(122)101-70-43-59-34-37-62(110)45-73(59)108(89(70)124)50-78(113)96-67(44-60-47-94-64-30-22-21-29-63(60)64)85(120)100-66(39-58-32-35-61(109)36-33-58)84(119)99-65(38-53(2)3)83(118)102-71(82(117)95-48-76(93)111)51-128-52-79(114)98-69(40-55-23-15-12-16-24-55)88(123)107(9)75(91(126)105(72)7)42-57-27-19-14-20-28-57/h12-30,32-37,45,47,53-54,65-72,74-75,81,94,109-110H,10-11,31,38-44,46,48-52H2,1-9H3,(H2,93,111)(H,95,117)(H,96,113)(H,97,112)(H,98,114)(H,99,119)(H,100,120)(H,101,122)(H,102,118)(H,103,121)(H,115,116)/t65-,66-,67-,68-,69-,70-,71-,72-,74-,75-,81-/m0/s1. The van der Waals surface area contributed by atoms with Gasteiger partial charge in [0, 0.05) is 95.6 Å². The summed E-state index contributed by atoms with van der Waals surface area (Å²) in [6, 6.07) is 25.6. The van der Waals surface area contributed by atoms with Gasteiger partial charge in [0.05, 0.1) is 31.0 Å². The Balaban J connectivity index is 1.11. The number of hydrogen-bond donors (Lipinski definition) is 14. The molecule has 1 aromatic heterocycles. The number of benzene rings is 6. The van der Waals surface area contributed by atoms with Gasteiger partial charge in [-0.25, -0.2) is 0 Å². The van der Waals surface area contributed by atoms with Crippen molar-refractivity contribution < 1.29 is 92.0 Å². The van der Waals surface area contributed by atoms with Gasteiger partial charge < -0.3 is 98.4 Å². The van der Waals surface area contributed by atoms with Crippen LogP contribution >= 0.6 is 11.8 Å². The van der Waals surface area contributed by atoms with Crippen molar-refractivity contribution in [1.29, 1.82) is 0 Å². The van der Waals surface area contributed by atoms with E-state index in [2.05, 4.69) is 52.8 Å². The molecule has 128 heavy (non-hydrogen) atoms. The zero-order valence-electron chi connectivity index (χ0n) is 73.0. The Hall–Kier alpha value is -13.7. The van der Waals surface area contributed by atoms with E-state index in [4.69, 9.17) is 5.73 Å². The summed E-state index contributed by atoms with van der Waals surface area (Å²) in [6.07, 6.45) is 0.132. The summed E-state index contributed by atoms with van der Waals surface area (Å²) in [4.78, 5) is 244. The van der Waals surface area contributed by atoms with E-state index in [1.165, 1.54) is 80.5 Å². The SMILES string of the molecule is CCCC[C@H]1C(=O)N(C)CC(=O)N[C@@H](CC(=O)O)C(=O)N[C@@H](C(C)C)C(=O)N(C)[C@@H](Cc2ccccc2)C(=O)N[C@H]2Cc3ccc(O)cc3N(CC(=O)N[C@@H](Cc3c[nH]c4ccccc34)C(=O)N[C@@H](Cc3ccc(O)cc3)C(=O)N[C@@H](CC(C)C)C(=O)N[C@H](C(=O)NCC(N)=O)CSCC(=O)N[C@@H](Cc3ccccc3)C(=O)N(C)[C@@H](Cc3ccccc3)C(=O)N1C)C2=O. The van der Waals surface area contributed by atoms with Gasteiger partial charge in [-0.1, -0.05) is 175 Å². The first-order chi connectivity index (χ1) is 61.0. The second-order valence-corrected chi connectivity index (χ2v) is 34.0. The quantitative estimate of drug-likeness (QED) is 0.0490. The van der Waals surface area contributed by atoms with E-state index in [9.17, 15) is 53.7 Å². The van der Waals surface area contributed by atoms with Crippen LogP contribution in [0.2, 0.25) is 0 Å². The number of nitrogens with one attached hydrogen (secondary N) is 10. The lowest BCUT2D eigenvalue weighted by molar-refractivity contribution is -0.151. The number of likely N-dealkylation sites (N-methyl/N-ethyl adjacent to an activating group) is 4. The minimum Gasteiger partial charge on any atom is -0.508 e. The van der Waals surface area contributed by atoms with Gasteiger partial charge in [0.25, 0.3) is 0 Å². The third-order valence-corrected chi connectivity index (χ3v) is 23.3. The molecule has 15 amide bonds. The number of phenols is 2. The number of primary amides is 1. The molecule has 6 aromatic carbocycles. The van der Waals surface area contributed by atoms with Gasteiger partial charge in [-0.3, -0.25) is 76.7 Å². The second kappa shape index (κ2) is 46.5. The fourth-order valence-corrected chi connectivity index (χ4v) is 16.2. The fraction of sp³-hybridized carbons (Fsp3) is 0.413. The van der Waals surface area contributed by atoms with E-state index in [1.54, 1.807) is 149 Å². The molecule has 0 radical (unpaired) electrons. The Morgan fingerprint density at radius 1 is 0.508 bits per heavy atom. The number of aliphatic carboxylic acids is 1. The highest BCUT2D eigenvalue weighted by Gasteiger charge is 2.44. The van der Waals surface area contributed by atoms with E-state index in [-0.39, 0.29) is 80.2 Å². The zero-order valence-corrected chi connectivity index (χ0v) is 73.8. The van der Waals surface area contributed by atoms with Crippen LogP contribution in [-0.2, 0) is 115 Å². The third-order valence-electron chi connectivity index (χ3n) is 22.3. The van der Waals surface area contributed by atoms with E-state index in [1.807, 2.05) is 6.92 Å². The molecule has 35 nitrogen and oxygen atoms in total. The number of fused-ring (bicyclic) bond motifs is 5. The minimum absolute atomic E-state index is 0.0320. The van der Waals surface area contributed by atoms with Crippen LogP contribution in [0.1, 0.15) is 100 Å². The van der Waals surface area contributed by atoms with Crippen LogP contribution in [0, 0.1) is 11.8 Å². The smallest absolute Gasteiger partial charge is 0.305 e. The topological polar surface area (TPSA) is 500 Å². The van der Waals surface area contributed by atoms with Crippen LogP contribution in [0.4, 0.5) is 5.69 Å². The van der Waals surface area contributed by atoms with Crippen molar-refractivity contribution in [3.05, 3.63) is 197 Å². The highest BCUT2D eigenvalue weighted by Crippen LogP contribution is 2.33. The number of para-hydroxylation sites is 1. The highest BCUT2D eigenvalue weighted by molar-refractivity contribution is 8.00. The summed E-state index contributed by atoms with van der Waals surface area (Å²) in [7, 11) is 5.28. The molecule has 7 aromatic rings. The second-order valence-electron chi connectivity index (χ2n) is 32.9. The van der Waals surface area contributed by atoms with Gasteiger partial charge in [-0.15, -0.1) is 11.8 Å². The summed E-state index contributed by atoms with van der Waals surface area (Å²) in [5.41, 5.74) is 9.08. The van der Waals surface area contributed by atoms with Gasteiger partial charge in [-0.05, 0) is 82.3 Å². The van der Waals surface area contributed by atoms with Crippen LogP contribution in [0.25, 0.3) is 10.9 Å². The summed E-state index contributed by atoms with van der Waals surface area (Å²) < 4.78 is 0. The maximum Gasteiger partial charge on any atom is 0.305 e. The molecule has 0 aliphatic carbocycles. The minimum atomic E-state index is -1.90. The number of aromatic hydroxyl groups is 2. The number of nitrogens with zero attached hydrogens (tertiary/aromatic N) is 5. The van der Waals surface area contributed by atoms with Gasteiger partial charge >= 0.3 is 5.97 Å². The Morgan fingerprint density at radius 2 is 1.03 bits per heavy atom. The lowest BCUT2D eigenvalue weighted by Crippen LogP contribution is -2.62. The first-order valence-corrected chi connectivity index (χ1v) is 43.5. The number of carboxylic acids is 1. The first kappa shape index (κ1) is 98.1. The Morgan fingerprint density at radius 3 is 1.64 bits per heavy atom. The van der Waals surface area contributed by atoms with E-state index in [0.29, 0.717) is 57.1 Å². The molecule has 0 spiro atoms. The van der Waals surface area contributed by atoms with Crippen molar-refractivity contribution >= 4 is 123 Å². The number of aromatic nitrogens is 1. The first-order valence-electron chi connectivity index (χ1n) is 42.4. The molecular weight excluding hydrogens is 1670 g/mol. The van der Waals surface area contributed by atoms with Gasteiger partial charge in [-0.2, -0.15) is 0 Å². The molecule has 2 bridgehead atoms.